The molecule has 0 amide bonds. The molecule has 1 aliphatic rings. The quantitative estimate of drug-likeness (QED) is 0.745. The Kier molecular flexibility index (Phi) is 5.73. The molecule has 0 spiro atoms. The Morgan fingerprint density at radius 3 is 2.50 bits per heavy atom. The van der Waals surface area contributed by atoms with Crippen LogP contribution in [0.5, 0.6) is 0 Å². The van der Waals surface area contributed by atoms with Crippen LogP contribution in [0.25, 0.3) is 0 Å². The van der Waals surface area contributed by atoms with Crippen LogP contribution in [0.4, 0.5) is 0 Å². The van der Waals surface area contributed by atoms with E-state index in [0.29, 0.717) is 17.9 Å². The molecule has 0 bridgehead atoms. The third-order valence-electron chi connectivity index (χ3n) is 3.36. The molecule has 3 atom stereocenters. The Balaban J connectivity index is 2.51. The van der Waals surface area contributed by atoms with Gasteiger partial charge in [0.25, 0.3) is 0 Å². The van der Waals surface area contributed by atoms with E-state index in [-0.39, 0.29) is 6.10 Å². The van der Waals surface area contributed by atoms with Crippen molar-refractivity contribution in [1.29, 1.82) is 0 Å². The summed E-state index contributed by atoms with van der Waals surface area (Å²) in [6, 6.07) is 0.553. The summed E-state index contributed by atoms with van der Waals surface area (Å²) in [6.07, 6.45) is 0.927. The summed E-state index contributed by atoms with van der Waals surface area (Å²) >= 11 is 0. The molecular formula is C13H28N2O. The normalized spacial score (nSPS) is 29.6. The molecule has 0 saturated carbocycles. The van der Waals surface area contributed by atoms with Gasteiger partial charge in [0.05, 0.1) is 6.10 Å². The van der Waals surface area contributed by atoms with Crippen LogP contribution < -0.4 is 5.32 Å². The van der Waals surface area contributed by atoms with Crippen LogP contribution in [-0.4, -0.2) is 48.3 Å². The standard InChI is InChI=1S/C13H28N2O/c1-5-14-13-6-12(11(4)16)8-15(9-13)7-10(2)3/h10-14,16H,5-9H2,1-4H3. The van der Waals surface area contributed by atoms with E-state index in [4.69, 9.17) is 0 Å². The zero-order chi connectivity index (χ0) is 12.1. The molecule has 0 aromatic heterocycles. The van der Waals surface area contributed by atoms with Crippen LogP contribution in [0.2, 0.25) is 0 Å². The lowest BCUT2D eigenvalue weighted by Crippen LogP contribution is -2.52. The molecule has 1 aliphatic heterocycles. The molecular weight excluding hydrogens is 200 g/mol. The maximum Gasteiger partial charge on any atom is 0.0553 e. The topological polar surface area (TPSA) is 35.5 Å². The average molecular weight is 228 g/mol. The molecule has 3 heteroatoms. The van der Waals surface area contributed by atoms with Gasteiger partial charge in [0.15, 0.2) is 0 Å². The van der Waals surface area contributed by atoms with Gasteiger partial charge in [-0.05, 0) is 31.7 Å². The predicted octanol–water partition coefficient (Wildman–Crippen LogP) is 1.32. The molecule has 0 aromatic rings. The van der Waals surface area contributed by atoms with Gasteiger partial charge < -0.3 is 15.3 Å². The molecule has 0 aliphatic carbocycles. The molecule has 3 nitrogen and oxygen atoms in total. The van der Waals surface area contributed by atoms with Gasteiger partial charge in [-0.25, -0.2) is 0 Å². The third kappa shape index (κ3) is 4.40. The van der Waals surface area contributed by atoms with Crippen molar-refractivity contribution in [2.75, 3.05) is 26.2 Å². The molecule has 2 N–H and O–H groups in total. The maximum absolute atomic E-state index is 9.76. The number of aliphatic hydroxyl groups excluding tert-OH is 1. The molecule has 1 heterocycles. The highest BCUT2D eigenvalue weighted by Gasteiger charge is 2.29. The summed E-state index contributed by atoms with van der Waals surface area (Å²) < 4.78 is 0. The second-order valence-electron chi connectivity index (χ2n) is 5.60. The highest BCUT2D eigenvalue weighted by Crippen LogP contribution is 2.21. The fraction of sp³-hybridized carbons (Fsp3) is 1.00. The van der Waals surface area contributed by atoms with E-state index in [2.05, 4.69) is 31.0 Å². The lowest BCUT2D eigenvalue weighted by atomic mass is 9.89. The number of rotatable bonds is 5. The first-order valence-corrected chi connectivity index (χ1v) is 6.66. The van der Waals surface area contributed by atoms with Crippen molar-refractivity contribution in [3.63, 3.8) is 0 Å². The summed E-state index contributed by atoms with van der Waals surface area (Å²) in [5.41, 5.74) is 0. The molecule has 1 rings (SSSR count). The number of likely N-dealkylation sites (N-methyl/N-ethyl adjacent to an activating group) is 1. The van der Waals surface area contributed by atoms with Gasteiger partial charge in [0.2, 0.25) is 0 Å². The van der Waals surface area contributed by atoms with E-state index in [9.17, 15) is 5.11 Å². The van der Waals surface area contributed by atoms with Gasteiger partial charge in [-0.2, -0.15) is 0 Å². The summed E-state index contributed by atoms with van der Waals surface area (Å²) in [6.45, 7) is 12.9. The van der Waals surface area contributed by atoms with Gasteiger partial charge in [-0.3, -0.25) is 0 Å². The summed E-state index contributed by atoms with van der Waals surface area (Å²) in [5.74, 6) is 1.13. The Hall–Kier alpha value is -0.120. The van der Waals surface area contributed by atoms with E-state index >= 15 is 0 Å². The molecule has 16 heavy (non-hydrogen) atoms. The first-order valence-electron chi connectivity index (χ1n) is 6.66. The minimum Gasteiger partial charge on any atom is -0.393 e. The number of nitrogens with zero attached hydrogens (tertiary/aromatic N) is 1. The smallest absolute Gasteiger partial charge is 0.0553 e. The minimum absolute atomic E-state index is 0.184. The number of nitrogens with one attached hydrogen (secondary N) is 1. The fourth-order valence-electron chi connectivity index (χ4n) is 2.68. The SMILES string of the molecule is CCNC1CC(C(C)O)CN(CC(C)C)C1. The van der Waals surface area contributed by atoms with Crippen molar-refractivity contribution in [2.24, 2.45) is 11.8 Å². The molecule has 1 fully saturated rings. The van der Waals surface area contributed by atoms with Crippen molar-refractivity contribution in [2.45, 2.75) is 46.3 Å². The highest BCUT2D eigenvalue weighted by molar-refractivity contribution is 4.85. The zero-order valence-corrected chi connectivity index (χ0v) is 11.2. The van der Waals surface area contributed by atoms with Crippen LogP contribution in [0.1, 0.15) is 34.1 Å². The zero-order valence-electron chi connectivity index (χ0n) is 11.2. The first-order chi connectivity index (χ1) is 7.52. The van der Waals surface area contributed by atoms with E-state index in [1.165, 1.54) is 0 Å². The number of hydrogen-bond acceptors (Lipinski definition) is 3. The molecule has 3 unspecified atom stereocenters. The summed E-state index contributed by atoms with van der Waals surface area (Å²) in [7, 11) is 0. The third-order valence-corrected chi connectivity index (χ3v) is 3.36. The molecule has 0 aromatic carbocycles. The molecule has 1 saturated heterocycles. The van der Waals surface area contributed by atoms with E-state index < -0.39 is 0 Å². The number of piperidine rings is 1. The van der Waals surface area contributed by atoms with E-state index in [1.807, 2.05) is 6.92 Å². The van der Waals surface area contributed by atoms with Crippen molar-refractivity contribution >= 4 is 0 Å². The van der Waals surface area contributed by atoms with E-state index in [1.54, 1.807) is 0 Å². The van der Waals surface area contributed by atoms with Crippen LogP contribution in [0.3, 0.4) is 0 Å². The van der Waals surface area contributed by atoms with Gasteiger partial charge in [-0.15, -0.1) is 0 Å². The molecule has 96 valence electrons. The van der Waals surface area contributed by atoms with Crippen LogP contribution in [0, 0.1) is 11.8 Å². The Morgan fingerprint density at radius 2 is 2.00 bits per heavy atom. The Labute approximate surface area is 100 Å². The van der Waals surface area contributed by atoms with Gasteiger partial charge in [0, 0.05) is 25.7 Å². The second-order valence-corrected chi connectivity index (χ2v) is 5.60. The predicted molar refractivity (Wildman–Crippen MR) is 68.5 cm³/mol. The number of likely N-dealkylation sites (tertiary alicyclic amines) is 1. The molecule has 0 radical (unpaired) electrons. The lowest BCUT2D eigenvalue weighted by molar-refractivity contribution is 0.0439. The lowest BCUT2D eigenvalue weighted by Gasteiger charge is -2.40. The summed E-state index contributed by atoms with van der Waals surface area (Å²) in [4.78, 5) is 2.50. The number of aliphatic hydroxyl groups is 1. The van der Waals surface area contributed by atoms with Crippen LogP contribution in [0.15, 0.2) is 0 Å². The largest absolute Gasteiger partial charge is 0.393 e. The van der Waals surface area contributed by atoms with Crippen molar-refractivity contribution in [1.82, 2.24) is 10.2 Å². The van der Waals surface area contributed by atoms with Crippen LogP contribution >= 0.6 is 0 Å². The maximum atomic E-state index is 9.76. The van der Waals surface area contributed by atoms with Crippen LogP contribution in [-0.2, 0) is 0 Å². The monoisotopic (exact) mass is 228 g/mol. The second kappa shape index (κ2) is 6.58. The first kappa shape index (κ1) is 13.9. The van der Waals surface area contributed by atoms with Crippen molar-refractivity contribution < 1.29 is 5.11 Å². The minimum atomic E-state index is -0.184. The summed E-state index contributed by atoms with van der Waals surface area (Å²) in [5, 5.41) is 13.3. The fourth-order valence-corrected chi connectivity index (χ4v) is 2.68. The Morgan fingerprint density at radius 1 is 1.31 bits per heavy atom. The van der Waals surface area contributed by atoms with Gasteiger partial charge in [0.1, 0.15) is 0 Å². The van der Waals surface area contributed by atoms with Gasteiger partial charge in [-0.1, -0.05) is 20.8 Å². The van der Waals surface area contributed by atoms with Crippen molar-refractivity contribution in [3.05, 3.63) is 0 Å². The average Bonchev–Trinajstić information content (AvgIpc) is 2.16. The van der Waals surface area contributed by atoms with E-state index in [0.717, 1.165) is 32.6 Å². The van der Waals surface area contributed by atoms with Crippen molar-refractivity contribution in [3.8, 4) is 0 Å². The highest BCUT2D eigenvalue weighted by atomic mass is 16.3. The number of hydrogen-bond donors (Lipinski definition) is 2. The Bertz CT molecular complexity index is 194. The van der Waals surface area contributed by atoms with Gasteiger partial charge >= 0.3 is 0 Å².